The molecule has 1 amide bonds. The van der Waals surface area contributed by atoms with Crippen molar-refractivity contribution in [2.24, 2.45) is 5.16 Å². The molecule has 0 spiro atoms. The van der Waals surface area contributed by atoms with E-state index in [1.165, 1.54) is 13.8 Å². The van der Waals surface area contributed by atoms with E-state index in [1.54, 1.807) is 26.2 Å². The van der Waals surface area contributed by atoms with Crippen LogP contribution in [0.5, 0.6) is 0 Å². The average molecular weight is 328 g/mol. The minimum atomic E-state index is -1.57. The number of hydrogen-bond donors (Lipinski definition) is 3. The van der Waals surface area contributed by atoms with Gasteiger partial charge < -0.3 is 21.0 Å². The van der Waals surface area contributed by atoms with Crippen molar-refractivity contribution in [1.29, 1.82) is 0 Å². The first-order valence-electron chi connectivity index (χ1n) is 6.46. The molecule has 0 fully saturated rings. The van der Waals surface area contributed by atoms with Crippen molar-refractivity contribution in [3.8, 4) is 0 Å². The fourth-order valence-electron chi connectivity index (χ4n) is 1.20. The smallest absolute Gasteiger partial charge is 0.350 e. The van der Waals surface area contributed by atoms with Gasteiger partial charge in [-0.15, -0.1) is 11.3 Å². The Hall–Kier alpha value is -2.16. The van der Waals surface area contributed by atoms with Crippen LogP contribution in [0.1, 0.15) is 40.3 Å². The molecule has 1 aromatic rings. The lowest BCUT2D eigenvalue weighted by Crippen LogP contribution is -2.45. The summed E-state index contributed by atoms with van der Waals surface area (Å²) in [5.74, 6) is -1.73. The number of aliphatic carboxylic acids is 1. The van der Waals surface area contributed by atoms with Crippen LogP contribution in [0.4, 0.5) is 5.13 Å². The van der Waals surface area contributed by atoms with Crippen LogP contribution in [0.2, 0.25) is 0 Å². The minimum absolute atomic E-state index is 0.128. The molecule has 0 atom stereocenters. The van der Waals surface area contributed by atoms with Crippen molar-refractivity contribution in [1.82, 2.24) is 10.3 Å². The Morgan fingerprint density at radius 3 is 2.36 bits per heavy atom. The van der Waals surface area contributed by atoms with Crippen LogP contribution in [0, 0.1) is 0 Å². The summed E-state index contributed by atoms with van der Waals surface area (Å²) in [5.41, 5.74) is 3.59. The van der Waals surface area contributed by atoms with Crippen LogP contribution in [0.25, 0.3) is 0 Å². The predicted octanol–water partition coefficient (Wildman–Crippen LogP) is 1.22. The van der Waals surface area contributed by atoms with E-state index >= 15 is 0 Å². The molecule has 0 saturated carbocycles. The van der Waals surface area contributed by atoms with E-state index in [-0.39, 0.29) is 16.5 Å². The summed E-state index contributed by atoms with van der Waals surface area (Å²) in [7, 11) is 0. The van der Waals surface area contributed by atoms with Gasteiger partial charge in [0.15, 0.2) is 10.8 Å². The van der Waals surface area contributed by atoms with E-state index in [0.717, 1.165) is 11.3 Å². The molecule has 1 heterocycles. The van der Waals surface area contributed by atoms with Gasteiger partial charge in [-0.3, -0.25) is 4.79 Å². The van der Waals surface area contributed by atoms with Gasteiger partial charge in [-0.05, 0) is 34.6 Å². The monoisotopic (exact) mass is 328 g/mol. The molecule has 0 saturated heterocycles. The number of oxime groups is 1. The van der Waals surface area contributed by atoms with Crippen molar-refractivity contribution in [2.75, 3.05) is 5.73 Å². The Balaban J connectivity index is 3.12. The Kier molecular flexibility index (Phi) is 5.13. The molecular formula is C13H20N4O4S. The number of nitrogens with zero attached hydrogens (tertiary/aromatic N) is 2. The van der Waals surface area contributed by atoms with Gasteiger partial charge in [0, 0.05) is 10.9 Å². The molecular weight excluding hydrogens is 308 g/mol. The largest absolute Gasteiger partial charge is 0.478 e. The molecule has 1 rings (SSSR count). The second-order valence-corrected chi connectivity index (χ2v) is 7.01. The molecule has 1 aromatic heterocycles. The maximum atomic E-state index is 12.3. The first-order valence-corrected chi connectivity index (χ1v) is 7.34. The van der Waals surface area contributed by atoms with Gasteiger partial charge in [0.25, 0.3) is 5.91 Å². The maximum absolute atomic E-state index is 12.3. The summed E-state index contributed by atoms with van der Waals surface area (Å²) in [4.78, 5) is 32.3. The van der Waals surface area contributed by atoms with Crippen LogP contribution in [-0.2, 0) is 14.4 Å². The fraction of sp³-hybridized carbons (Fsp3) is 0.538. The third-order valence-corrected chi connectivity index (χ3v) is 3.02. The van der Waals surface area contributed by atoms with E-state index in [0.29, 0.717) is 0 Å². The summed E-state index contributed by atoms with van der Waals surface area (Å²) in [5, 5.41) is 17.3. The van der Waals surface area contributed by atoms with Crippen molar-refractivity contribution in [3.63, 3.8) is 0 Å². The lowest BCUT2D eigenvalue weighted by atomic mass is 10.1. The van der Waals surface area contributed by atoms with Crippen LogP contribution < -0.4 is 11.1 Å². The van der Waals surface area contributed by atoms with Crippen molar-refractivity contribution < 1.29 is 19.5 Å². The second kappa shape index (κ2) is 6.30. The summed E-state index contributed by atoms with van der Waals surface area (Å²) < 4.78 is 0. The van der Waals surface area contributed by atoms with Crippen LogP contribution in [0.3, 0.4) is 0 Å². The first kappa shape index (κ1) is 17.9. The molecule has 0 unspecified atom stereocenters. The van der Waals surface area contributed by atoms with Gasteiger partial charge in [0.05, 0.1) is 0 Å². The number of nitrogens with one attached hydrogen (secondary N) is 1. The summed E-state index contributed by atoms with van der Waals surface area (Å²) in [6.45, 7) is 8.07. The van der Waals surface area contributed by atoms with Gasteiger partial charge >= 0.3 is 5.97 Å². The van der Waals surface area contributed by atoms with Crippen molar-refractivity contribution in [2.45, 2.75) is 45.8 Å². The third kappa shape index (κ3) is 4.99. The molecule has 0 radical (unpaired) electrons. The number of carboxylic acid groups (broad SMARTS) is 1. The van der Waals surface area contributed by atoms with Gasteiger partial charge in [-0.25, -0.2) is 9.78 Å². The van der Waals surface area contributed by atoms with Crippen molar-refractivity contribution >= 4 is 34.1 Å². The highest BCUT2D eigenvalue weighted by Crippen LogP contribution is 2.15. The molecule has 0 aromatic carbocycles. The van der Waals surface area contributed by atoms with Crippen LogP contribution >= 0.6 is 11.3 Å². The highest BCUT2D eigenvalue weighted by atomic mass is 32.1. The molecule has 9 heteroatoms. The standard InChI is InChI=1S/C13H20N4O4S/c1-12(2,3)16-9(18)8(7-6-22-11(14)15-7)17-21-13(4,5)10(19)20/h6H,1-5H3,(H2,14,15)(H,16,18)(H,19,20)/b17-8+. The first-order chi connectivity index (χ1) is 9.92. The minimum Gasteiger partial charge on any atom is -0.478 e. The summed E-state index contributed by atoms with van der Waals surface area (Å²) in [6, 6.07) is 0. The maximum Gasteiger partial charge on any atom is 0.350 e. The zero-order valence-electron chi connectivity index (χ0n) is 13.1. The van der Waals surface area contributed by atoms with Gasteiger partial charge in [0.1, 0.15) is 5.69 Å². The second-order valence-electron chi connectivity index (χ2n) is 6.12. The number of nitrogens with two attached hydrogens (primary N) is 1. The third-order valence-electron chi connectivity index (χ3n) is 2.35. The Labute approximate surface area is 132 Å². The molecule has 0 bridgehead atoms. The zero-order chi connectivity index (χ0) is 17.1. The molecule has 122 valence electrons. The number of rotatable bonds is 5. The number of thiazole rings is 1. The zero-order valence-corrected chi connectivity index (χ0v) is 13.9. The number of carbonyl (C=O) groups is 2. The number of anilines is 1. The Morgan fingerprint density at radius 1 is 1.36 bits per heavy atom. The van der Waals surface area contributed by atoms with Crippen LogP contribution in [0.15, 0.2) is 10.5 Å². The highest BCUT2D eigenvalue weighted by molar-refractivity contribution is 7.13. The predicted molar refractivity (Wildman–Crippen MR) is 83.8 cm³/mol. The summed E-state index contributed by atoms with van der Waals surface area (Å²) in [6.07, 6.45) is 0. The molecule has 0 aliphatic rings. The number of nitrogen functional groups attached to an aromatic ring is 1. The van der Waals surface area contributed by atoms with Crippen molar-refractivity contribution in [3.05, 3.63) is 11.1 Å². The van der Waals surface area contributed by atoms with E-state index in [4.69, 9.17) is 15.7 Å². The Bertz CT molecular complexity index is 601. The van der Waals surface area contributed by atoms with E-state index in [1.807, 2.05) is 0 Å². The normalized spacial score (nSPS) is 12.9. The Morgan fingerprint density at radius 2 is 1.95 bits per heavy atom. The van der Waals surface area contributed by atoms with Gasteiger partial charge in [-0.1, -0.05) is 5.16 Å². The lowest BCUT2D eigenvalue weighted by Gasteiger charge is -2.21. The molecule has 0 aliphatic heterocycles. The van der Waals surface area contributed by atoms with Gasteiger partial charge in [0.2, 0.25) is 5.60 Å². The molecule has 8 nitrogen and oxygen atoms in total. The van der Waals surface area contributed by atoms with Crippen LogP contribution in [-0.4, -0.2) is 38.8 Å². The SMILES string of the molecule is CC(C)(C)NC(=O)/C(=N/OC(C)(C)C(=O)O)c1csc(N)n1. The number of hydrogen-bond acceptors (Lipinski definition) is 7. The molecule has 22 heavy (non-hydrogen) atoms. The van der Waals surface area contributed by atoms with E-state index < -0.39 is 23.0 Å². The molecule has 4 N–H and O–H groups in total. The van der Waals surface area contributed by atoms with Gasteiger partial charge in [-0.2, -0.15) is 0 Å². The highest BCUT2D eigenvalue weighted by Gasteiger charge is 2.31. The molecule has 0 aliphatic carbocycles. The topological polar surface area (TPSA) is 127 Å². The lowest BCUT2D eigenvalue weighted by molar-refractivity contribution is -0.161. The quantitative estimate of drug-likeness (QED) is 0.551. The number of amides is 1. The number of carboxylic acids is 1. The fourth-order valence-corrected chi connectivity index (χ4v) is 1.75. The number of aromatic nitrogens is 1. The summed E-state index contributed by atoms with van der Waals surface area (Å²) >= 11 is 1.14. The number of carbonyl (C=O) groups excluding carboxylic acids is 1. The van der Waals surface area contributed by atoms with E-state index in [9.17, 15) is 9.59 Å². The van der Waals surface area contributed by atoms with E-state index in [2.05, 4.69) is 15.5 Å². The average Bonchev–Trinajstić information content (AvgIpc) is 2.73.